The number of benzene rings is 12. The molecule has 0 bridgehead atoms. The minimum absolute atomic E-state index is 0.0164. The van der Waals surface area contributed by atoms with Gasteiger partial charge in [-0.3, -0.25) is 19.2 Å². The Morgan fingerprint density at radius 3 is 0.696 bits per heavy atom. The average Bonchev–Trinajstić information content (AvgIpc) is 1.58. The predicted octanol–water partition coefficient (Wildman–Crippen LogP) is 34.8. The normalized spacial score (nSPS) is 18.9. The standard InChI is InChI=1S/3C34H37FO2.C33H35FO3/c3*1-21-8-15-33(35)31(17-21)28-13-9-24(18-30(28)32-7-6-16-34(32,4)5)20-37-26-12-10-25-11-14-27(29(25)19-26)22(2)23(3)36;1-20-7-14-31(34)29(16-20)26-12-8-22(17-28(26)30-6-5-15-33(30,3)4)19-37-24-11-9-23-10-13-25(27(23)18-24)21(2)32(35)36/h3*7-10,12-13,15,17-19,22,27H,6,11,14,16,20H2,1-5H3;6-9,11-12,14,16-18,21,25H,5,10,13,15,19H2,1-4H3,(H,35,36)/t2*22-,27+;22-,27-;21-,25+/m1011/s1. The van der Waals surface area contributed by atoms with Crippen molar-refractivity contribution >= 4 is 45.6 Å². The number of allylic oxidation sites excluding steroid dienone is 8. The molecule has 20 rings (SSSR count). The molecule has 13 heteroatoms. The fraction of sp³-hybridized carbons (Fsp3) is 0.378. The Morgan fingerprint density at radius 1 is 0.284 bits per heavy atom. The second-order valence-corrected chi connectivity index (χ2v) is 46.1. The summed E-state index contributed by atoms with van der Waals surface area (Å²) in [6.07, 6.45) is 25.6. The molecule has 768 valence electrons. The number of rotatable bonds is 28. The van der Waals surface area contributed by atoms with E-state index in [1.165, 1.54) is 61.2 Å². The largest absolute Gasteiger partial charge is 0.489 e. The van der Waals surface area contributed by atoms with Gasteiger partial charge in [0.15, 0.2) is 0 Å². The summed E-state index contributed by atoms with van der Waals surface area (Å²) < 4.78 is 84.9. The van der Waals surface area contributed by atoms with Crippen LogP contribution in [-0.4, -0.2) is 28.4 Å². The average molecular weight is 1990 g/mol. The molecule has 8 aliphatic rings. The summed E-state index contributed by atoms with van der Waals surface area (Å²) in [7, 11) is 0. The van der Waals surface area contributed by atoms with E-state index in [9.17, 15) is 41.8 Å². The van der Waals surface area contributed by atoms with Gasteiger partial charge in [-0.25, -0.2) is 17.6 Å². The molecule has 8 atom stereocenters. The summed E-state index contributed by atoms with van der Waals surface area (Å²) in [6, 6.07) is 71.3. The lowest BCUT2D eigenvalue weighted by Gasteiger charge is -2.25. The number of halogens is 4. The first-order chi connectivity index (χ1) is 70.5. The number of Topliss-reactive ketones (excluding diaryl/α,β-unsaturated/α-hetero) is 3. The quantitative estimate of drug-likeness (QED) is 0.0477. The minimum atomic E-state index is -0.758. The Bertz CT molecular complexity index is 6380. The molecule has 1 N–H and O–H groups in total. The molecule has 12 aromatic rings. The van der Waals surface area contributed by atoms with Crippen LogP contribution in [0.3, 0.4) is 0 Å². The van der Waals surface area contributed by atoms with E-state index in [4.69, 9.17) is 18.9 Å². The molecular weight excluding hydrogens is 1840 g/mol. The van der Waals surface area contributed by atoms with Gasteiger partial charge >= 0.3 is 5.97 Å². The summed E-state index contributed by atoms with van der Waals surface area (Å²) in [5, 5.41) is 9.52. The van der Waals surface area contributed by atoms with Gasteiger partial charge in [-0.2, -0.15) is 0 Å². The number of hydrogen-bond donors (Lipinski definition) is 1. The number of ketones is 3. The maximum Gasteiger partial charge on any atom is 0.306 e. The van der Waals surface area contributed by atoms with E-state index in [1.807, 2.05) is 152 Å². The van der Waals surface area contributed by atoms with Crippen molar-refractivity contribution in [1.29, 1.82) is 0 Å². The molecule has 0 heterocycles. The van der Waals surface area contributed by atoms with Gasteiger partial charge < -0.3 is 24.1 Å². The summed E-state index contributed by atoms with van der Waals surface area (Å²) >= 11 is 0. The van der Waals surface area contributed by atoms with E-state index in [1.54, 1.807) is 58.0 Å². The van der Waals surface area contributed by atoms with Crippen LogP contribution in [0.4, 0.5) is 17.6 Å². The van der Waals surface area contributed by atoms with Gasteiger partial charge in [0.1, 0.15) is 90.0 Å². The molecule has 0 amide bonds. The van der Waals surface area contributed by atoms with Gasteiger partial charge in [0.05, 0.1) is 5.92 Å². The van der Waals surface area contributed by atoms with E-state index in [0.29, 0.717) is 48.7 Å². The Kier molecular flexibility index (Phi) is 31.9. The smallest absolute Gasteiger partial charge is 0.306 e. The molecule has 8 aliphatic carbocycles. The molecule has 0 aliphatic heterocycles. The number of aryl methyl sites for hydroxylation is 8. The number of carbonyl (C=O) groups excluding carboxylic acids is 3. The van der Waals surface area contributed by atoms with Crippen molar-refractivity contribution in [1.82, 2.24) is 0 Å². The van der Waals surface area contributed by atoms with Gasteiger partial charge in [0, 0.05) is 40.0 Å². The zero-order valence-electron chi connectivity index (χ0n) is 90.1. The summed E-state index contributed by atoms with van der Waals surface area (Å²) in [6.45, 7) is 40.8. The van der Waals surface area contributed by atoms with Crippen LogP contribution in [0.2, 0.25) is 0 Å². The highest BCUT2D eigenvalue weighted by atomic mass is 19.1. The predicted molar refractivity (Wildman–Crippen MR) is 594 cm³/mol. The third kappa shape index (κ3) is 23.4. The highest BCUT2D eigenvalue weighted by molar-refractivity contribution is 5.90. The van der Waals surface area contributed by atoms with Crippen LogP contribution < -0.4 is 18.9 Å². The monoisotopic (exact) mass is 1990 g/mol. The Hall–Kier alpha value is -13.0. The van der Waals surface area contributed by atoms with Crippen molar-refractivity contribution in [3.63, 3.8) is 0 Å². The lowest BCUT2D eigenvalue weighted by molar-refractivity contribution is -0.142. The molecule has 12 aromatic carbocycles. The first kappa shape index (κ1) is 106. The van der Waals surface area contributed by atoms with Gasteiger partial charge in [-0.05, 0) is 451 Å². The molecule has 0 fully saturated rings. The van der Waals surface area contributed by atoms with Crippen molar-refractivity contribution in [2.24, 2.45) is 45.3 Å². The van der Waals surface area contributed by atoms with Gasteiger partial charge in [0.25, 0.3) is 0 Å². The van der Waals surface area contributed by atoms with Crippen molar-refractivity contribution < 1.29 is 60.8 Å². The molecule has 9 nitrogen and oxygen atoms in total. The Labute approximate surface area is 875 Å². The van der Waals surface area contributed by atoms with E-state index in [2.05, 4.69) is 165 Å². The van der Waals surface area contributed by atoms with E-state index >= 15 is 0 Å². The maximum absolute atomic E-state index is 15.0. The topological polar surface area (TPSA) is 125 Å². The van der Waals surface area contributed by atoms with Crippen LogP contribution in [0.25, 0.3) is 66.8 Å². The van der Waals surface area contributed by atoms with E-state index < -0.39 is 11.9 Å². The fourth-order valence-corrected chi connectivity index (χ4v) is 24.4. The van der Waals surface area contributed by atoms with Crippen molar-refractivity contribution in [2.75, 3.05) is 0 Å². The van der Waals surface area contributed by atoms with Gasteiger partial charge in [0.2, 0.25) is 0 Å². The van der Waals surface area contributed by atoms with Crippen LogP contribution in [0.15, 0.2) is 243 Å². The van der Waals surface area contributed by atoms with Crippen LogP contribution >= 0.6 is 0 Å². The number of aliphatic carboxylic acids is 1. The number of fused-ring (bicyclic) bond motifs is 4. The Morgan fingerprint density at radius 2 is 0.500 bits per heavy atom. The molecule has 0 radical (unpaired) electrons. The first-order valence-electron chi connectivity index (χ1n) is 53.7. The van der Waals surface area contributed by atoms with E-state index in [0.717, 1.165) is 220 Å². The lowest BCUT2D eigenvalue weighted by Crippen LogP contribution is -2.17. The fourth-order valence-electron chi connectivity index (χ4n) is 24.4. The number of carbonyl (C=O) groups is 4. The second kappa shape index (κ2) is 44.4. The van der Waals surface area contributed by atoms with Gasteiger partial charge in [-0.15, -0.1) is 0 Å². The number of carboxylic acids is 1. The molecule has 0 spiro atoms. The molecule has 0 unspecified atom stereocenters. The summed E-state index contributed by atoms with van der Waals surface area (Å²) in [5.74, 6) is 2.88. The van der Waals surface area contributed by atoms with Crippen LogP contribution in [-0.2, 0) is 71.3 Å². The van der Waals surface area contributed by atoms with Crippen LogP contribution in [0.1, 0.15) is 316 Å². The van der Waals surface area contributed by atoms with Crippen molar-refractivity contribution in [3.8, 4) is 67.5 Å². The highest BCUT2D eigenvalue weighted by Crippen LogP contribution is 2.55. The van der Waals surface area contributed by atoms with Crippen LogP contribution in [0.5, 0.6) is 23.0 Å². The SMILES string of the molecule is CC(=O)[C@@H](C)[C@@H]1CCc2ccc(OCc3ccc(-c4cc(C)ccc4F)c(C4=CCCC4(C)C)c3)cc21.CC(=O)[C@@H](C)[C@H]1CCc2ccc(OCc3ccc(-c4cc(C)ccc4F)c(C4=CCCC4(C)C)c3)cc21.CC(=O)[C@H](C)[C@H]1CCc2ccc(OCc3ccc(-c4cc(C)ccc4F)c(C4=CCCC4(C)C)c3)cc21.Cc1ccc(F)c(-c2ccc(COc3ccc4c(c3)[C@H]([C@@H](C)C(=O)O)CC4)cc2C2=CCCC2(C)C)c1. The van der Waals surface area contributed by atoms with Crippen molar-refractivity contribution in [2.45, 2.75) is 284 Å². The summed E-state index contributed by atoms with van der Waals surface area (Å²) in [5.41, 5.74) is 34.3. The Balaban J connectivity index is 0.000000135. The zero-order chi connectivity index (χ0) is 105. The zero-order valence-corrected chi connectivity index (χ0v) is 90.1. The molecule has 0 aromatic heterocycles. The number of ether oxygens (including phenoxy) is 4. The highest BCUT2D eigenvalue weighted by Gasteiger charge is 2.40. The minimum Gasteiger partial charge on any atom is -0.489 e. The molecule has 0 saturated heterocycles. The van der Waals surface area contributed by atoms with E-state index in [-0.39, 0.29) is 104 Å². The first-order valence-corrected chi connectivity index (χ1v) is 53.7. The molecule has 0 saturated carbocycles. The lowest BCUT2D eigenvalue weighted by atomic mass is 9.79. The number of carboxylic acid groups (broad SMARTS) is 1. The maximum atomic E-state index is 15.0. The molecule has 148 heavy (non-hydrogen) atoms. The van der Waals surface area contributed by atoms with Crippen LogP contribution in [0, 0.1) is 96.3 Å². The summed E-state index contributed by atoms with van der Waals surface area (Å²) in [4.78, 5) is 47.7. The second-order valence-electron chi connectivity index (χ2n) is 46.1. The third-order valence-electron chi connectivity index (χ3n) is 33.8. The third-order valence-corrected chi connectivity index (χ3v) is 33.8. The number of hydrogen-bond acceptors (Lipinski definition) is 8. The van der Waals surface area contributed by atoms with Crippen molar-refractivity contribution in [3.05, 3.63) is 377 Å². The molecular formula is C135H146F4O9. The van der Waals surface area contributed by atoms with Gasteiger partial charge in [-0.1, -0.05) is 227 Å².